The normalized spacial score (nSPS) is 12.3. The quantitative estimate of drug-likeness (QED) is 0.771. The highest BCUT2D eigenvalue weighted by atomic mass is 32.2. The molecule has 0 bridgehead atoms. The van der Waals surface area contributed by atoms with Gasteiger partial charge in [0, 0.05) is 0 Å². The number of carbonyl (C=O) groups is 1. The molecule has 1 aromatic rings. The highest BCUT2D eigenvalue weighted by Gasteiger charge is 2.27. The van der Waals surface area contributed by atoms with Gasteiger partial charge >= 0.3 is 12.1 Å². The van der Waals surface area contributed by atoms with Crippen LogP contribution >= 0.6 is 0 Å². The fraction of sp³-hybridized carbons (Fsp3) is 0.417. The number of aliphatic carboxylic acids is 1. The van der Waals surface area contributed by atoms with Gasteiger partial charge in [0.05, 0.1) is 23.7 Å². The third-order valence-electron chi connectivity index (χ3n) is 2.40. The average molecular weight is 326 g/mol. The Bertz CT molecular complexity index is 578. The Labute approximate surface area is 119 Å². The summed E-state index contributed by atoms with van der Waals surface area (Å²) in [6.45, 7) is -2.07. The number of carboxylic acid groups (broad SMARTS) is 1. The summed E-state index contributed by atoms with van der Waals surface area (Å²) < 4.78 is 63.3. The summed E-state index contributed by atoms with van der Waals surface area (Å²) in [5.74, 6) is -1.63. The van der Waals surface area contributed by atoms with Gasteiger partial charge in [0.1, 0.15) is 6.61 Å². The van der Waals surface area contributed by atoms with Gasteiger partial charge in [-0.1, -0.05) is 12.1 Å². The van der Waals surface area contributed by atoms with Crippen LogP contribution in [0.2, 0.25) is 0 Å². The van der Waals surface area contributed by atoms with Crippen LogP contribution in [-0.2, 0) is 25.8 Å². The van der Waals surface area contributed by atoms with Gasteiger partial charge in [0.15, 0.2) is 9.84 Å². The first-order chi connectivity index (χ1) is 9.60. The molecule has 0 radical (unpaired) electrons. The van der Waals surface area contributed by atoms with Gasteiger partial charge < -0.3 is 9.84 Å². The lowest BCUT2D eigenvalue weighted by atomic mass is 10.2. The highest BCUT2D eigenvalue weighted by molar-refractivity contribution is 7.91. The molecule has 0 atom stereocenters. The maximum absolute atomic E-state index is 11.8. The van der Waals surface area contributed by atoms with E-state index in [-0.39, 0.29) is 11.3 Å². The first-order valence-corrected chi connectivity index (χ1v) is 7.43. The molecule has 0 saturated heterocycles. The maximum Gasteiger partial charge on any atom is 0.411 e. The van der Waals surface area contributed by atoms with E-state index >= 15 is 0 Å². The monoisotopic (exact) mass is 326 g/mol. The van der Waals surface area contributed by atoms with Gasteiger partial charge in [0.2, 0.25) is 0 Å². The van der Waals surface area contributed by atoms with Crippen molar-refractivity contribution in [3.8, 4) is 0 Å². The zero-order chi connectivity index (χ0) is 16.1. The number of halogens is 3. The molecule has 0 heterocycles. The van der Waals surface area contributed by atoms with Crippen LogP contribution in [0, 0.1) is 0 Å². The summed E-state index contributed by atoms with van der Waals surface area (Å²) in [5, 5.41) is 8.58. The van der Waals surface area contributed by atoms with Crippen molar-refractivity contribution < 1.29 is 36.2 Å². The second kappa shape index (κ2) is 6.90. The molecule has 5 nitrogen and oxygen atoms in total. The zero-order valence-corrected chi connectivity index (χ0v) is 11.6. The van der Waals surface area contributed by atoms with Crippen molar-refractivity contribution in [2.45, 2.75) is 17.5 Å². The Morgan fingerprint density at radius 1 is 1.19 bits per heavy atom. The van der Waals surface area contributed by atoms with Crippen LogP contribution in [-0.4, -0.2) is 44.6 Å². The minimum atomic E-state index is -4.50. The van der Waals surface area contributed by atoms with Crippen LogP contribution in [0.5, 0.6) is 0 Å². The van der Waals surface area contributed by atoms with Crippen molar-refractivity contribution >= 4 is 15.8 Å². The van der Waals surface area contributed by atoms with Crippen molar-refractivity contribution in [3.05, 3.63) is 29.8 Å². The van der Waals surface area contributed by atoms with Crippen molar-refractivity contribution in [2.24, 2.45) is 0 Å². The number of hydrogen-bond donors (Lipinski definition) is 1. The van der Waals surface area contributed by atoms with Gasteiger partial charge in [0.25, 0.3) is 0 Å². The average Bonchev–Trinajstić information content (AvgIpc) is 2.33. The smallest absolute Gasteiger partial charge is 0.411 e. The molecule has 0 aromatic heterocycles. The molecular weight excluding hydrogens is 313 g/mol. The van der Waals surface area contributed by atoms with Gasteiger partial charge in [-0.15, -0.1) is 0 Å². The molecule has 9 heteroatoms. The number of ether oxygens (including phenoxy) is 1. The van der Waals surface area contributed by atoms with E-state index in [9.17, 15) is 26.4 Å². The Morgan fingerprint density at radius 2 is 1.76 bits per heavy atom. The molecule has 1 aromatic carbocycles. The summed E-state index contributed by atoms with van der Waals surface area (Å²) in [5.41, 5.74) is 0.426. The fourth-order valence-electron chi connectivity index (χ4n) is 1.46. The Kier molecular flexibility index (Phi) is 5.73. The van der Waals surface area contributed by atoms with E-state index in [1.165, 1.54) is 24.3 Å². The molecule has 0 spiro atoms. The molecule has 118 valence electrons. The molecule has 0 fully saturated rings. The largest absolute Gasteiger partial charge is 0.481 e. The van der Waals surface area contributed by atoms with E-state index in [4.69, 9.17) is 5.11 Å². The molecule has 21 heavy (non-hydrogen) atoms. The van der Waals surface area contributed by atoms with Gasteiger partial charge in [-0.25, -0.2) is 8.42 Å². The Morgan fingerprint density at radius 3 is 2.24 bits per heavy atom. The number of hydrogen-bond acceptors (Lipinski definition) is 4. The third-order valence-corrected chi connectivity index (χ3v) is 4.09. The van der Waals surface area contributed by atoms with Crippen LogP contribution in [0.25, 0.3) is 0 Å². The zero-order valence-electron chi connectivity index (χ0n) is 10.8. The van der Waals surface area contributed by atoms with Crippen LogP contribution in [0.1, 0.15) is 5.56 Å². The van der Waals surface area contributed by atoms with Gasteiger partial charge in [-0.05, 0) is 17.7 Å². The second-order valence-electron chi connectivity index (χ2n) is 4.20. The standard InChI is InChI=1S/C12H13F3O5S/c13-12(14,15)8-20-5-6-21(18,19)10-3-1-9(2-4-10)7-11(16)17/h1-4H,5-8H2,(H,16,17). The summed E-state index contributed by atoms with van der Waals surface area (Å²) >= 11 is 0. The molecule has 1 N–H and O–H groups in total. The molecule has 1 rings (SSSR count). The lowest BCUT2D eigenvalue weighted by Gasteiger charge is -2.08. The highest BCUT2D eigenvalue weighted by Crippen LogP contribution is 2.16. The predicted molar refractivity (Wildman–Crippen MR) is 66.7 cm³/mol. The molecule has 0 aliphatic heterocycles. The van der Waals surface area contributed by atoms with Crippen molar-refractivity contribution in [1.29, 1.82) is 0 Å². The maximum atomic E-state index is 11.8. The van der Waals surface area contributed by atoms with Crippen LogP contribution in [0.15, 0.2) is 29.2 Å². The summed E-state index contributed by atoms with van der Waals surface area (Å²) in [4.78, 5) is 10.4. The second-order valence-corrected chi connectivity index (χ2v) is 6.31. The van der Waals surface area contributed by atoms with Crippen molar-refractivity contribution in [2.75, 3.05) is 19.0 Å². The minimum Gasteiger partial charge on any atom is -0.481 e. The van der Waals surface area contributed by atoms with E-state index in [0.717, 1.165) is 0 Å². The molecular formula is C12H13F3O5S. The first-order valence-electron chi connectivity index (χ1n) is 5.78. The number of sulfone groups is 1. The van der Waals surface area contributed by atoms with Gasteiger partial charge in [-0.3, -0.25) is 4.79 Å². The SMILES string of the molecule is O=C(O)Cc1ccc(S(=O)(=O)CCOCC(F)(F)F)cc1. The number of rotatable bonds is 7. The molecule has 0 amide bonds. The van der Waals surface area contributed by atoms with Crippen LogP contribution < -0.4 is 0 Å². The van der Waals surface area contributed by atoms with E-state index < -0.39 is 40.9 Å². The lowest BCUT2D eigenvalue weighted by Crippen LogP contribution is -2.20. The van der Waals surface area contributed by atoms with E-state index in [2.05, 4.69) is 4.74 Å². The predicted octanol–water partition coefficient (Wildman–Crippen LogP) is 1.67. The minimum absolute atomic E-state index is 0.0905. The molecule has 0 aliphatic carbocycles. The molecule has 0 saturated carbocycles. The van der Waals surface area contributed by atoms with Crippen LogP contribution in [0.4, 0.5) is 13.2 Å². The van der Waals surface area contributed by atoms with Crippen molar-refractivity contribution in [1.82, 2.24) is 0 Å². The number of benzene rings is 1. The molecule has 0 unspecified atom stereocenters. The number of carboxylic acids is 1. The molecule has 0 aliphatic rings. The summed E-state index contributed by atoms with van der Waals surface area (Å²) in [7, 11) is -3.76. The van der Waals surface area contributed by atoms with E-state index in [1.807, 2.05) is 0 Å². The Hall–Kier alpha value is -1.61. The van der Waals surface area contributed by atoms with E-state index in [1.54, 1.807) is 0 Å². The summed E-state index contributed by atoms with van der Waals surface area (Å²) in [6, 6.07) is 5.13. The summed E-state index contributed by atoms with van der Waals surface area (Å²) in [6.07, 6.45) is -4.74. The van der Waals surface area contributed by atoms with E-state index in [0.29, 0.717) is 5.56 Å². The Balaban J connectivity index is 2.60. The lowest BCUT2D eigenvalue weighted by molar-refractivity contribution is -0.172. The third kappa shape index (κ3) is 6.58. The topological polar surface area (TPSA) is 80.7 Å². The first kappa shape index (κ1) is 17.4. The fourth-order valence-corrected chi connectivity index (χ4v) is 2.59. The number of alkyl halides is 3. The van der Waals surface area contributed by atoms with Crippen molar-refractivity contribution in [3.63, 3.8) is 0 Å². The van der Waals surface area contributed by atoms with Gasteiger partial charge in [-0.2, -0.15) is 13.2 Å². The van der Waals surface area contributed by atoms with Crippen LogP contribution in [0.3, 0.4) is 0 Å².